The lowest BCUT2D eigenvalue weighted by Gasteiger charge is -2.26. The van der Waals surface area contributed by atoms with Gasteiger partial charge in [-0.3, -0.25) is 9.10 Å². The molecule has 0 saturated heterocycles. The van der Waals surface area contributed by atoms with Crippen LogP contribution >= 0.6 is 15.9 Å². The van der Waals surface area contributed by atoms with Crippen molar-refractivity contribution in [2.75, 3.05) is 24.6 Å². The van der Waals surface area contributed by atoms with E-state index in [4.69, 9.17) is 9.47 Å². The molecule has 36 heavy (non-hydrogen) atoms. The van der Waals surface area contributed by atoms with E-state index in [0.717, 1.165) is 25.7 Å². The molecule has 0 aliphatic heterocycles. The molecule has 3 aromatic carbocycles. The van der Waals surface area contributed by atoms with Crippen molar-refractivity contribution in [2.24, 2.45) is 0 Å². The number of halogens is 1. The largest absolute Gasteiger partial charge is 0.496 e. The summed E-state index contributed by atoms with van der Waals surface area (Å²) in [7, 11) is -2.41. The van der Waals surface area contributed by atoms with Gasteiger partial charge in [0, 0.05) is 4.47 Å². The molecule has 0 aliphatic rings. The summed E-state index contributed by atoms with van der Waals surface area (Å²) in [4.78, 5) is 13.3. The average molecular weight is 576 g/mol. The number of amides is 1. The SMILES string of the molecule is CCOc1ccc(N(CC(=O)N[C@@H](CC)c2ccc(OC)c(C)c2)S(=O)(=O)c2ccc(Br)cc2)cc1. The number of aryl methyl sites for hydroxylation is 1. The number of sulfonamides is 1. The van der Waals surface area contributed by atoms with Crippen LogP contribution in [0.5, 0.6) is 11.5 Å². The van der Waals surface area contributed by atoms with Gasteiger partial charge in [0.1, 0.15) is 18.0 Å². The van der Waals surface area contributed by atoms with E-state index >= 15 is 0 Å². The van der Waals surface area contributed by atoms with Crippen LogP contribution in [0.3, 0.4) is 0 Å². The lowest BCUT2D eigenvalue weighted by atomic mass is 10.0. The van der Waals surface area contributed by atoms with Crippen LogP contribution in [-0.2, 0) is 14.8 Å². The molecule has 0 radical (unpaired) electrons. The summed E-state index contributed by atoms with van der Waals surface area (Å²) in [6, 6.07) is 18.4. The zero-order valence-corrected chi connectivity index (χ0v) is 23.2. The Morgan fingerprint density at radius 3 is 2.25 bits per heavy atom. The van der Waals surface area contributed by atoms with Gasteiger partial charge in [0.25, 0.3) is 10.0 Å². The quantitative estimate of drug-likeness (QED) is 0.321. The molecule has 0 fully saturated rings. The van der Waals surface area contributed by atoms with Crippen molar-refractivity contribution in [1.82, 2.24) is 5.32 Å². The van der Waals surface area contributed by atoms with E-state index in [2.05, 4.69) is 21.2 Å². The highest BCUT2D eigenvalue weighted by molar-refractivity contribution is 9.10. The van der Waals surface area contributed by atoms with Crippen LogP contribution in [0.1, 0.15) is 37.4 Å². The maximum atomic E-state index is 13.6. The number of rotatable bonds is 11. The van der Waals surface area contributed by atoms with Crippen molar-refractivity contribution < 1.29 is 22.7 Å². The number of benzene rings is 3. The number of carbonyl (C=O) groups excluding carboxylic acids is 1. The number of ether oxygens (including phenoxy) is 2. The molecule has 7 nitrogen and oxygen atoms in total. The molecule has 0 heterocycles. The predicted octanol–water partition coefficient (Wildman–Crippen LogP) is 5.63. The first-order valence-corrected chi connectivity index (χ1v) is 13.9. The highest BCUT2D eigenvalue weighted by Gasteiger charge is 2.28. The van der Waals surface area contributed by atoms with Crippen molar-refractivity contribution in [3.05, 3.63) is 82.3 Å². The van der Waals surface area contributed by atoms with Gasteiger partial charge >= 0.3 is 0 Å². The van der Waals surface area contributed by atoms with Crippen LogP contribution in [0.15, 0.2) is 76.1 Å². The number of nitrogens with one attached hydrogen (secondary N) is 1. The predicted molar refractivity (Wildman–Crippen MR) is 145 cm³/mol. The van der Waals surface area contributed by atoms with Crippen molar-refractivity contribution >= 4 is 37.5 Å². The molecule has 3 rings (SSSR count). The van der Waals surface area contributed by atoms with Gasteiger partial charge in [0.15, 0.2) is 0 Å². The van der Waals surface area contributed by atoms with E-state index in [-0.39, 0.29) is 17.5 Å². The zero-order valence-electron chi connectivity index (χ0n) is 20.8. The minimum absolute atomic E-state index is 0.0882. The molecule has 0 aromatic heterocycles. The first-order chi connectivity index (χ1) is 17.2. The summed E-state index contributed by atoms with van der Waals surface area (Å²) in [5.74, 6) is 0.972. The third-order valence-electron chi connectivity index (χ3n) is 5.69. The summed E-state index contributed by atoms with van der Waals surface area (Å²) in [5, 5.41) is 2.99. The highest BCUT2D eigenvalue weighted by atomic mass is 79.9. The minimum atomic E-state index is -4.02. The average Bonchev–Trinajstić information content (AvgIpc) is 2.87. The molecule has 192 valence electrons. The Bertz CT molecular complexity index is 1280. The van der Waals surface area contributed by atoms with E-state index in [1.807, 2.05) is 39.0 Å². The topological polar surface area (TPSA) is 84.9 Å². The van der Waals surface area contributed by atoms with Gasteiger partial charge in [-0.1, -0.05) is 35.0 Å². The Morgan fingerprint density at radius 1 is 1.03 bits per heavy atom. The third-order valence-corrected chi connectivity index (χ3v) is 8.01. The second kappa shape index (κ2) is 12.3. The number of carbonyl (C=O) groups is 1. The lowest BCUT2D eigenvalue weighted by Crippen LogP contribution is -2.42. The molecule has 0 bridgehead atoms. The molecule has 0 unspecified atom stereocenters. The molecule has 0 spiro atoms. The zero-order chi connectivity index (χ0) is 26.3. The molecular formula is C27H31BrN2O5S. The number of nitrogens with zero attached hydrogens (tertiary/aromatic N) is 1. The lowest BCUT2D eigenvalue weighted by molar-refractivity contribution is -0.120. The molecule has 1 atom stereocenters. The van der Waals surface area contributed by atoms with Gasteiger partial charge in [-0.05, 0) is 86.0 Å². The van der Waals surface area contributed by atoms with Crippen molar-refractivity contribution in [1.29, 1.82) is 0 Å². The molecule has 1 N–H and O–H groups in total. The smallest absolute Gasteiger partial charge is 0.264 e. The third kappa shape index (κ3) is 6.59. The van der Waals surface area contributed by atoms with Crippen molar-refractivity contribution in [2.45, 2.75) is 38.1 Å². The summed E-state index contributed by atoms with van der Waals surface area (Å²) in [6.07, 6.45) is 0.639. The van der Waals surface area contributed by atoms with E-state index in [9.17, 15) is 13.2 Å². The van der Waals surface area contributed by atoms with Crippen LogP contribution in [0, 0.1) is 6.92 Å². The van der Waals surface area contributed by atoms with E-state index in [1.54, 1.807) is 43.5 Å². The molecule has 0 aliphatic carbocycles. The molecule has 0 saturated carbocycles. The summed E-state index contributed by atoms with van der Waals surface area (Å²) < 4.78 is 39.9. The minimum Gasteiger partial charge on any atom is -0.496 e. The fourth-order valence-corrected chi connectivity index (χ4v) is 5.52. The second-order valence-corrected chi connectivity index (χ2v) is 10.9. The highest BCUT2D eigenvalue weighted by Crippen LogP contribution is 2.28. The normalized spacial score (nSPS) is 12.0. The molecule has 9 heteroatoms. The first kappa shape index (κ1) is 27.5. The van der Waals surface area contributed by atoms with E-state index < -0.39 is 15.9 Å². The Hall–Kier alpha value is -3.04. The summed E-state index contributed by atoms with van der Waals surface area (Å²) in [6.45, 7) is 5.89. The van der Waals surface area contributed by atoms with Crippen LogP contribution < -0.4 is 19.1 Å². The second-order valence-electron chi connectivity index (χ2n) is 8.15. The fourth-order valence-electron chi connectivity index (χ4n) is 3.83. The van der Waals surface area contributed by atoms with Gasteiger partial charge in [-0.2, -0.15) is 0 Å². The van der Waals surface area contributed by atoms with Crippen LogP contribution in [-0.4, -0.2) is 34.6 Å². The first-order valence-electron chi connectivity index (χ1n) is 11.6. The Morgan fingerprint density at radius 2 is 1.69 bits per heavy atom. The molecule has 1 amide bonds. The number of anilines is 1. The Labute approximate surface area is 221 Å². The number of methoxy groups -OCH3 is 1. The van der Waals surface area contributed by atoms with Gasteiger partial charge in [0.05, 0.1) is 30.3 Å². The van der Waals surface area contributed by atoms with Gasteiger partial charge in [-0.15, -0.1) is 0 Å². The van der Waals surface area contributed by atoms with Crippen LogP contribution in [0.25, 0.3) is 0 Å². The van der Waals surface area contributed by atoms with Gasteiger partial charge in [0.2, 0.25) is 5.91 Å². The monoisotopic (exact) mass is 574 g/mol. The Balaban J connectivity index is 1.90. The van der Waals surface area contributed by atoms with Gasteiger partial charge < -0.3 is 14.8 Å². The van der Waals surface area contributed by atoms with Gasteiger partial charge in [-0.25, -0.2) is 8.42 Å². The van der Waals surface area contributed by atoms with E-state index in [1.165, 1.54) is 12.1 Å². The van der Waals surface area contributed by atoms with Crippen LogP contribution in [0.4, 0.5) is 5.69 Å². The summed E-state index contributed by atoms with van der Waals surface area (Å²) >= 11 is 3.33. The molecule has 3 aromatic rings. The van der Waals surface area contributed by atoms with Crippen LogP contribution in [0.2, 0.25) is 0 Å². The maximum absolute atomic E-state index is 13.6. The molecular weight excluding hydrogens is 544 g/mol. The van der Waals surface area contributed by atoms with E-state index in [0.29, 0.717) is 24.5 Å². The van der Waals surface area contributed by atoms with Crippen molar-refractivity contribution in [3.63, 3.8) is 0 Å². The summed E-state index contributed by atoms with van der Waals surface area (Å²) in [5.41, 5.74) is 2.24. The maximum Gasteiger partial charge on any atom is 0.264 e. The number of hydrogen-bond donors (Lipinski definition) is 1. The standard InChI is InChI=1S/C27H31BrN2O5S/c1-5-25(20-7-16-26(34-4)19(3)17-20)29-27(31)18-30(22-10-12-23(13-11-22)35-6-2)36(32,33)24-14-8-21(28)9-15-24/h7-17,25H,5-6,18H2,1-4H3,(H,29,31)/t25-/m0/s1. The van der Waals surface area contributed by atoms with Crippen molar-refractivity contribution in [3.8, 4) is 11.5 Å². The fraction of sp³-hybridized carbons (Fsp3) is 0.296. The Kier molecular flexibility index (Phi) is 9.39. The number of hydrogen-bond acceptors (Lipinski definition) is 5.